The molecule has 0 saturated heterocycles. The van der Waals surface area contributed by atoms with Gasteiger partial charge in [-0.05, 0) is 24.4 Å². The number of aromatic nitrogens is 1. The zero-order chi connectivity index (χ0) is 18.3. The second-order valence-electron chi connectivity index (χ2n) is 6.50. The number of aliphatic carboxylic acids is 1. The number of carbonyl (C=O) groups is 1. The lowest BCUT2D eigenvalue weighted by Gasteiger charge is -2.29. The molecule has 7 nitrogen and oxygen atoms in total. The highest BCUT2D eigenvalue weighted by atomic mass is 16.5. The number of quaternary nitrogens is 1. The molecule has 1 aliphatic rings. The summed E-state index contributed by atoms with van der Waals surface area (Å²) in [6, 6.07) is 9.08. The zero-order valence-corrected chi connectivity index (χ0v) is 14.4. The number of rotatable bonds is 4. The first kappa shape index (κ1) is 17.2. The topological polar surface area (TPSA) is 98.1 Å². The first-order valence-electron chi connectivity index (χ1n) is 8.11. The number of carboxylic acids is 1. The first-order chi connectivity index (χ1) is 11.8. The van der Waals surface area contributed by atoms with Crippen LogP contribution in [0.15, 0.2) is 46.5 Å². The molecule has 0 saturated carbocycles. The molecule has 0 bridgehead atoms. The maximum absolute atomic E-state index is 12.6. The summed E-state index contributed by atoms with van der Waals surface area (Å²) in [5.41, 5.74) is 2.33. The summed E-state index contributed by atoms with van der Waals surface area (Å²) < 4.78 is 0. The predicted octanol–water partition coefficient (Wildman–Crippen LogP) is 0.883. The van der Waals surface area contributed by atoms with Crippen LogP contribution in [0, 0.1) is 0 Å². The van der Waals surface area contributed by atoms with E-state index in [0.717, 1.165) is 16.8 Å². The number of fused-ring (bicyclic) bond motifs is 1. The molecule has 3 atom stereocenters. The van der Waals surface area contributed by atoms with Gasteiger partial charge in [0, 0.05) is 25.1 Å². The molecule has 4 N–H and O–H groups in total. The average molecular weight is 344 g/mol. The van der Waals surface area contributed by atoms with Crippen LogP contribution in [-0.2, 0) is 4.79 Å². The number of carboxylic acid groups (broad SMARTS) is 1. The minimum Gasteiger partial charge on any atom is -0.481 e. The normalized spacial score (nSPS) is 21.8. The number of hydrogen-bond donors (Lipinski definition) is 4. The molecule has 0 radical (unpaired) electrons. The van der Waals surface area contributed by atoms with E-state index in [4.69, 9.17) is 0 Å². The number of nitrogens with zero attached hydrogens (tertiary/aromatic N) is 1. The van der Waals surface area contributed by atoms with Gasteiger partial charge in [-0.2, -0.15) is 0 Å². The van der Waals surface area contributed by atoms with Crippen LogP contribution in [0.4, 0.5) is 0 Å². The Morgan fingerprint density at radius 2 is 2.04 bits per heavy atom. The van der Waals surface area contributed by atoms with Gasteiger partial charge < -0.3 is 15.0 Å². The van der Waals surface area contributed by atoms with Crippen LogP contribution in [0.3, 0.4) is 0 Å². The molecule has 0 amide bonds. The number of hydroxylamine groups is 2. The van der Waals surface area contributed by atoms with Gasteiger partial charge in [-0.25, -0.2) is 5.21 Å². The van der Waals surface area contributed by atoms with E-state index >= 15 is 0 Å². The summed E-state index contributed by atoms with van der Waals surface area (Å²) in [7, 11) is 1.80. The van der Waals surface area contributed by atoms with Crippen LogP contribution in [0.1, 0.15) is 31.7 Å². The Balaban J connectivity index is 2.13. The van der Waals surface area contributed by atoms with Gasteiger partial charge in [0.15, 0.2) is 5.70 Å². The molecule has 7 heteroatoms. The van der Waals surface area contributed by atoms with E-state index < -0.39 is 18.1 Å². The number of pyridine rings is 1. The fourth-order valence-electron chi connectivity index (χ4n) is 3.54. The van der Waals surface area contributed by atoms with Crippen molar-refractivity contribution in [1.29, 1.82) is 0 Å². The molecule has 2 heterocycles. The van der Waals surface area contributed by atoms with E-state index in [-0.39, 0.29) is 17.0 Å². The van der Waals surface area contributed by atoms with Crippen LogP contribution in [0.25, 0.3) is 10.9 Å². The van der Waals surface area contributed by atoms with Crippen molar-refractivity contribution < 1.29 is 20.2 Å². The van der Waals surface area contributed by atoms with E-state index in [0.29, 0.717) is 11.1 Å². The fourth-order valence-corrected chi connectivity index (χ4v) is 3.54. The number of allylic oxidation sites excluding steroid dienone is 2. The summed E-state index contributed by atoms with van der Waals surface area (Å²) in [5, 5.41) is 20.9. The quantitative estimate of drug-likeness (QED) is 0.660. The van der Waals surface area contributed by atoms with Gasteiger partial charge in [-0.1, -0.05) is 18.2 Å². The van der Waals surface area contributed by atoms with Crippen molar-refractivity contribution in [1.82, 2.24) is 9.88 Å². The van der Waals surface area contributed by atoms with E-state index in [9.17, 15) is 19.9 Å². The highest BCUT2D eigenvalue weighted by molar-refractivity contribution is 5.79. The molecule has 0 fully saturated rings. The molecule has 25 heavy (non-hydrogen) atoms. The smallest absolute Gasteiger partial charge is 0.304 e. The summed E-state index contributed by atoms with van der Waals surface area (Å²) in [6.07, 6.45) is -0.820. The van der Waals surface area contributed by atoms with E-state index in [2.05, 4.69) is 4.98 Å². The van der Waals surface area contributed by atoms with Crippen molar-refractivity contribution in [3.8, 4) is 0 Å². The molecule has 1 aliphatic heterocycles. The maximum atomic E-state index is 12.6. The Morgan fingerprint density at radius 3 is 2.64 bits per heavy atom. The highest BCUT2D eigenvalue weighted by Crippen LogP contribution is 2.28. The van der Waals surface area contributed by atoms with Crippen molar-refractivity contribution in [2.45, 2.75) is 32.4 Å². The molecule has 132 valence electrons. The second-order valence-corrected chi connectivity index (χ2v) is 6.50. The van der Waals surface area contributed by atoms with Gasteiger partial charge in [-0.3, -0.25) is 9.59 Å². The van der Waals surface area contributed by atoms with Crippen LogP contribution in [0.5, 0.6) is 0 Å². The van der Waals surface area contributed by atoms with Crippen molar-refractivity contribution in [3.63, 3.8) is 0 Å². The van der Waals surface area contributed by atoms with Crippen LogP contribution in [0.2, 0.25) is 0 Å². The van der Waals surface area contributed by atoms with Crippen molar-refractivity contribution in [2.75, 3.05) is 7.05 Å². The van der Waals surface area contributed by atoms with Gasteiger partial charge in [-0.15, -0.1) is 5.06 Å². The second kappa shape index (κ2) is 6.34. The zero-order valence-electron chi connectivity index (χ0n) is 14.4. The standard InChI is InChI=1S/C18H21N3O4/c1-10-11(2)21(25)18(20(10)3)14(9-16(22)23)13-8-12-6-4-5-7-15(12)19-17(13)24/h4-8,14,18,25H,9H2,1-3H3,(H,19,24)(H,22,23)/p+1. The Hall–Kier alpha value is -2.64. The largest absolute Gasteiger partial charge is 0.481 e. The van der Waals surface area contributed by atoms with Gasteiger partial charge in [0.25, 0.3) is 5.56 Å². The molecule has 1 aromatic heterocycles. The van der Waals surface area contributed by atoms with Gasteiger partial charge in [0.2, 0.25) is 6.17 Å². The van der Waals surface area contributed by atoms with Crippen LogP contribution in [-0.4, -0.2) is 39.4 Å². The number of para-hydroxylation sites is 1. The third-order valence-corrected chi connectivity index (χ3v) is 5.11. The van der Waals surface area contributed by atoms with Gasteiger partial charge in [0.05, 0.1) is 18.0 Å². The van der Waals surface area contributed by atoms with Crippen LogP contribution < -0.4 is 10.6 Å². The molecule has 1 aromatic carbocycles. The number of hydrogen-bond acceptors (Lipinski definition) is 4. The lowest BCUT2D eigenvalue weighted by molar-refractivity contribution is -1.08. The molecule has 0 aliphatic carbocycles. The van der Waals surface area contributed by atoms with Crippen molar-refractivity contribution in [2.24, 2.45) is 0 Å². The monoisotopic (exact) mass is 344 g/mol. The molecular formula is C18H22N3O4+. The first-order valence-corrected chi connectivity index (χ1v) is 8.11. The minimum atomic E-state index is -1.01. The summed E-state index contributed by atoms with van der Waals surface area (Å²) in [5.74, 6) is -1.68. The minimum absolute atomic E-state index is 0.124. The Morgan fingerprint density at radius 1 is 1.36 bits per heavy atom. The molecule has 2 aromatic rings. The van der Waals surface area contributed by atoms with Gasteiger partial charge in [0.1, 0.15) is 0 Å². The molecule has 3 rings (SSSR count). The number of likely N-dealkylation sites (N-methyl/N-ethyl adjacent to an activating group) is 1. The molecular weight excluding hydrogens is 322 g/mol. The Kier molecular flexibility index (Phi) is 4.36. The van der Waals surface area contributed by atoms with Crippen LogP contribution >= 0.6 is 0 Å². The third kappa shape index (κ3) is 2.92. The summed E-state index contributed by atoms with van der Waals surface area (Å²) in [6.45, 7) is 3.66. The number of H-pyrrole nitrogens is 1. The van der Waals surface area contributed by atoms with Crippen molar-refractivity contribution in [3.05, 3.63) is 57.6 Å². The maximum Gasteiger partial charge on any atom is 0.304 e. The van der Waals surface area contributed by atoms with Gasteiger partial charge >= 0.3 is 5.97 Å². The number of nitrogens with one attached hydrogen (secondary N) is 2. The van der Waals surface area contributed by atoms with Crippen molar-refractivity contribution >= 4 is 16.9 Å². The Labute approximate surface area is 144 Å². The van der Waals surface area contributed by atoms with E-state index in [1.54, 1.807) is 26.1 Å². The number of benzene rings is 1. The van der Waals surface area contributed by atoms with E-state index in [1.807, 2.05) is 30.0 Å². The lowest BCUT2D eigenvalue weighted by Crippen LogP contribution is -3.12. The Bertz CT molecular complexity index is 900. The van der Waals surface area contributed by atoms with E-state index in [1.165, 1.54) is 0 Å². The SMILES string of the molecule is CC1=C(C)[NH+](O)C(C(CC(=O)O)c2cc3ccccc3[nH]c2=O)N1C. The third-order valence-electron chi connectivity index (χ3n) is 5.11. The fraction of sp³-hybridized carbons (Fsp3) is 0.333. The lowest BCUT2D eigenvalue weighted by atomic mass is 9.92. The molecule has 0 spiro atoms. The highest BCUT2D eigenvalue weighted by Gasteiger charge is 2.45. The predicted molar refractivity (Wildman–Crippen MR) is 92.2 cm³/mol. The number of aromatic amines is 1. The average Bonchev–Trinajstić information content (AvgIpc) is 2.76. The summed E-state index contributed by atoms with van der Waals surface area (Å²) >= 11 is 0. The summed E-state index contributed by atoms with van der Waals surface area (Å²) in [4.78, 5) is 28.7. The molecule has 3 unspecified atom stereocenters.